The van der Waals surface area contributed by atoms with Gasteiger partial charge in [0, 0.05) is 55.8 Å². The minimum Gasteiger partial charge on any atom is -0.477 e. The molecule has 16 heteroatoms. The van der Waals surface area contributed by atoms with Gasteiger partial charge in [-0.05, 0) is 24.6 Å². The number of β-lactam (4-membered cyclic amide) rings is 1. The normalized spacial score (nSPS) is 20.5. The summed E-state index contributed by atoms with van der Waals surface area (Å²) in [5.41, 5.74) is 0.492. The van der Waals surface area contributed by atoms with Gasteiger partial charge in [0.15, 0.2) is 0 Å². The number of nitrogens with one attached hydrogen (secondary N) is 3. The number of halogens is 1. The van der Waals surface area contributed by atoms with Gasteiger partial charge in [-0.2, -0.15) is 10.3 Å². The molecule has 2 aromatic heterocycles. The topological polar surface area (TPSA) is 166 Å². The number of H-pyrrole nitrogens is 1. The van der Waals surface area contributed by atoms with Crippen LogP contribution in [0, 0.1) is 5.82 Å². The number of carboxylic acid groups (broad SMARTS) is 1. The number of piperazine rings is 1. The molecule has 3 aromatic rings. The molecule has 13 nitrogen and oxygen atoms in total. The molecule has 2 fully saturated rings. The highest BCUT2D eigenvalue weighted by atomic mass is 32.2. The number of hydrogen-bond acceptors (Lipinski definition) is 10. The van der Waals surface area contributed by atoms with Gasteiger partial charge in [0.25, 0.3) is 11.8 Å². The number of rotatable bonds is 8. The Kier molecular flexibility index (Phi) is 7.67. The number of carbonyl (C=O) groups is 3. The average Bonchev–Trinajstić information content (AvgIpc) is 3.52. The number of thioether (sulfide) groups is 2. The maximum Gasteiger partial charge on any atom is 0.352 e. The summed E-state index contributed by atoms with van der Waals surface area (Å²) in [6.07, 6.45) is 2.94. The molecule has 4 N–H and O–H groups in total. The molecule has 0 spiro atoms. The molecule has 2 amide bonds. The lowest BCUT2D eigenvalue weighted by Crippen LogP contribution is -2.70. The predicted molar refractivity (Wildman–Crippen MR) is 155 cm³/mol. The lowest BCUT2D eigenvalue weighted by Gasteiger charge is -2.49. The van der Waals surface area contributed by atoms with Crippen LogP contribution in [0.1, 0.15) is 17.3 Å². The first-order chi connectivity index (χ1) is 20.3. The summed E-state index contributed by atoms with van der Waals surface area (Å²) >= 11 is 2.62. The molecule has 0 bridgehead atoms. The van der Waals surface area contributed by atoms with E-state index in [9.17, 15) is 24.3 Å². The molecule has 1 aromatic carbocycles. The summed E-state index contributed by atoms with van der Waals surface area (Å²) in [6, 6.07) is 1.80. The van der Waals surface area contributed by atoms with Crippen molar-refractivity contribution in [3.8, 4) is 0 Å². The minimum atomic E-state index is -1.24. The second-order valence-electron chi connectivity index (χ2n) is 9.93. The molecule has 220 valence electrons. The van der Waals surface area contributed by atoms with Gasteiger partial charge in [-0.15, -0.1) is 16.9 Å². The van der Waals surface area contributed by atoms with Crippen LogP contribution in [0.15, 0.2) is 45.6 Å². The number of nitrogens with zero attached hydrogens (tertiary/aromatic N) is 5. The van der Waals surface area contributed by atoms with Crippen LogP contribution in [0.4, 0.5) is 10.1 Å². The Morgan fingerprint density at radius 2 is 2.05 bits per heavy atom. The maximum atomic E-state index is 15.2. The number of aliphatic carboxylic acids is 1. The van der Waals surface area contributed by atoms with E-state index in [0.29, 0.717) is 52.9 Å². The Balaban J connectivity index is 1.24. The first-order valence-corrected chi connectivity index (χ1v) is 15.3. The van der Waals surface area contributed by atoms with Crippen molar-refractivity contribution in [3.63, 3.8) is 0 Å². The van der Waals surface area contributed by atoms with Crippen LogP contribution in [0.25, 0.3) is 10.9 Å². The van der Waals surface area contributed by atoms with Gasteiger partial charge < -0.3 is 25.2 Å². The number of hydrogen-bond donors (Lipinski definition) is 4. The number of fused-ring (bicyclic) bond motifs is 2. The second kappa shape index (κ2) is 11.4. The van der Waals surface area contributed by atoms with Crippen LogP contribution < -0.4 is 21.0 Å². The molecule has 2 atom stereocenters. The molecule has 42 heavy (non-hydrogen) atoms. The first kappa shape index (κ1) is 28.2. The largest absolute Gasteiger partial charge is 0.477 e. The number of pyridine rings is 1. The van der Waals surface area contributed by atoms with E-state index >= 15 is 4.39 Å². The molecule has 3 aliphatic rings. The van der Waals surface area contributed by atoms with E-state index in [4.69, 9.17) is 0 Å². The third kappa shape index (κ3) is 4.92. The van der Waals surface area contributed by atoms with Crippen LogP contribution >= 0.6 is 23.5 Å². The monoisotopic (exact) mass is 614 g/mol. The lowest BCUT2D eigenvalue weighted by molar-refractivity contribution is -0.148. The van der Waals surface area contributed by atoms with Gasteiger partial charge in [-0.1, -0.05) is 11.8 Å². The van der Waals surface area contributed by atoms with Crippen molar-refractivity contribution in [2.45, 2.75) is 29.9 Å². The van der Waals surface area contributed by atoms with Crippen LogP contribution in [0.5, 0.6) is 0 Å². The predicted octanol–water partition coefficient (Wildman–Crippen LogP) is 0.833. The number of benzene rings is 1. The molecule has 3 aliphatic heterocycles. The number of aromatic nitrogens is 4. The highest BCUT2D eigenvalue weighted by Crippen LogP contribution is 2.41. The third-order valence-corrected chi connectivity index (χ3v) is 9.84. The van der Waals surface area contributed by atoms with Crippen LogP contribution in [0.3, 0.4) is 0 Å². The van der Waals surface area contributed by atoms with E-state index in [0.717, 1.165) is 13.1 Å². The van der Waals surface area contributed by atoms with Crippen LogP contribution in [-0.4, -0.2) is 96.9 Å². The summed E-state index contributed by atoms with van der Waals surface area (Å²) in [5.74, 6) is -2.50. The van der Waals surface area contributed by atoms with Crippen molar-refractivity contribution in [2.24, 2.45) is 0 Å². The highest BCUT2D eigenvalue weighted by Gasteiger charge is 2.54. The summed E-state index contributed by atoms with van der Waals surface area (Å²) < 4.78 is 16.9. The Hall–Kier alpha value is -3.89. The molecule has 0 radical (unpaired) electrons. The van der Waals surface area contributed by atoms with Crippen molar-refractivity contribution in [1.29, 1.82) is 0 Å². The van der Waals surface area contributed by atoms with Crippen molar-refractivity contribution >= 4 is 57.9 Å². The van der Waals surface area contributed by atoms with E-state index in [1.807, 2.05) is 11.8 Å². The van der Waals surface area contributed by atoms with Gasteiger partial charge in [-0.25, -0.2) is 9.18 Å². The molecule has 6 rings (SSSR count). The molecule has 0 aliphatic carbocycles. The number of anilines is 1. The van der Waals surface area contributed by atoms with Gasteiger partial charge in [0.05, 0.1) is 17.4 Å². The fourth-order valence-electron chi connectivity index (χ4n) is 5.41. The van der Waals surface area contributed by atoms with Crippen molar-refractivity contribution in [2.75, 3.05) is 42.6 Å². The van der Waals surface area contributed by atoms with E-state index < -0.39 is 40.4 Å². The fourth-order valence-corrected chi connectivity index (χ4v) is 7.67. The third-order valence-electron chi connectivity index (χ3n) is 7.52. The molecule has 1 unspecified atom stereocenters. The van der Waals surface area contributed by atoms with Gasteiger partial charge in [0.1, 0.15) is 33.5 Å². The Bertz CT molecular complexity index is 1670. The first-order valence-electron chi connectivity index (χ1n) is 13.3. The smallest absolute Gasteiger partial charge is 0.352 e. The van der Waals surface area contributed by atoms with E-state index in [-0.39, 0.29) is 16.6 Å². The van der Waals surface area contributed by atoms with E-state index in [1.54, 1.807) is 10.6 Å². The number of aromatic amines is 1. The van der Waals surface area contributed by atoms with Crippen LogP contribution in [0.2, 0.25) is 0 Å². The zero-order chi connectivity index (χ0) is 29.5. The summed E-state index contributed by atoms with van der Waals surface area (Å²) in [5, 5.41) is 25.9. The SMILES string of the molecule is CCn1cc(C(=O)NC2C(=O)N3C(C(=O)O)=C(CSc4cn[nH]n4)CS[C@@H]23)c(=O)c2cc(F)c(N3CCNCC3)cc21. The standard InChI is InChI=1S/C26H27FN8O5S2/c1-2-33-10-15(22(36)14-7-16(27)18(8-17(14)33)34-5-3-28-4-6-34)23(37)30-20-24(38)35-21(26(39)40)13(12-42-25(20)35)11-41-19-9-29-32-31-19/h7-10,20,25,28H,2-6,11-12H2,1H3,(H,30,37)(H,39,40)(H,29,31,32)/t20?,25-/m0/s1. The van der Waals surface area contributed by atoms with Crippen LogP contribution in [-0.2, 0) is 16.1 Å². The second-order valence-corrected chi connectivity index (χ2v) is 12.0. The Morgan fingerprint density at radius 1 is 1.26 bits per heavy atom. The van der Waals surface area contributed by atoms with E-state index in [2.05, 4.69) is 26.0 Å². The number of amides is 2. The molecule has 5 heterocycles. The Labute approximate surface area is 246 Å². The zero-order valence-electron chi connectivity index (χ0n) is 22.4. The summed E-state index contributed by atoms with van der Waals surface area (Å²) in [7, 11) is 0. The van der Waals surface area contributed by atoms with E-state index in [1.165, 1.54) is 46.9 Å². The minimum absolute atomic E-state index is 0.0693. The molecule has 0 saturated carbocycles. The highest BCUT2D eigenvalue weighted by molar-refractivity contribution is 8.01. The molecule has 2 saturated heterocycles. The quantitative estimate of drug-likeness (QED) is 0.210. The average molecular weight is 615 g/mol. The van der Waals surface area contributed by atoms with Crippen molar-refractivity contribution in [3.05, 3.63) is 57.4 Å². The number of carbonyl (C=O) groups excluding carboxylic acids is 2. The maximum absolute atomic E-state index is 15.2. The summed E-state index contributed by atoms with van der Waals surface area (Å²) in [6.45, 7) is 4.97. The van der Waals surface area contributed by atoms with Crippen molar-refractivity contribution in [1.82, 2.24) is 35.5 Å². The van der Waals surface area contributed by atoms with Gasteiger partial charge >= 0.3 is 5.97 Å². The summed E-state index contributed by atoms with van der Waals surface area (Å²) in [4.78, 5) is 55.1. The fraction of sp³-hybridized carbons (Fsp3) is 0.385. The molecular formula is C26H27FN8O5S2. The zero-order valence-corrected chi connectivity index (χ0v) is 24.1. The lowest BCUT2D eigenvalue weighted by atomic mass is 10.0. The molecular weight excluding hydrogens is 587 g/mol. The van der Waals surface area contributed by atoms with Gasteiger partial charge in [-0.3, -0.25) is 19.3 Å². The Morgan fingerprint density at radius 3 is 2.74 bits per heavy atom. The van der Waals surface area contributed by atoms with Gasteiger partial charge in [0.2, 0.25) is 5.43 Å². The van der Waals surface area contributed by atoms with Crippen molar-refractivity contribution < 1.29 is 23.9 Å². The number of carboxylic acids is 1. The number of aryl methyl sites for hydroxylation is 1.